The molecule has 0 aromatic rings. The summed E-state index contributed by atoms with van der Waals surface area (Å²) in [4.78, 5) is 10.8. The van der Waals surface area contributed by atoms with Crippen LogP contribution in [0.15, 0.2) is 12.2 Å². The molecule has 0 bridgehead atoms. The molecule has 0 N–H and O–H groups in total. The van der Waals surface area contributed by atoms with Crippen molar-refractivity contribution < 1.29 is 31.5 Å². The molecule has 0 aliphatic carbocycles. The van der Waals surface area contributed by atoms with E-state index in [-0.39, 0.29) is 19.4 Å². The molecular weight excluding hydrogens is 271 g/mol. The van der Waals surface area contributed by atoms with E-state index in [1.54, 1.807) is 6.92 Å². The Morgan fingerprint density at radius 1 is 1.11 bits per heavy atom. The highest BCUT2D eigenvalue weighted by Crippen LogP contribution is 2.39. The average Bonchev–Trinajstić information content (AvgIpc) is 2.26. The summed E-state index contributed by atoms with van der Waals surface area (Å²) in [5.74, 6) is -5.11. The molecule has 0 aliphatic heterocycles. The number of hydrogen-bond acceptors (Lipinski definition) is 2. The van der Waals surface area contributed by atoms with Gasteiger partial charge in [-0.3, -0.25) is 0 Å². The third kappa shape index (κ3) is 7.79. The largest absolute Gasteiger partial charge is 0.463 e. The zero-order valence-electron chi connectivity index (χ0n) is 10.6. The van der Waals surface area contributed by atoms with Crippen molar-refractivity contribution in [3.63, 3.8) is 0 Å². The maximum atomic E-state index is 12.5. The molecule has 0 saturated heterocycles. The van der Waals surface area contributed by atoms with E-state index >= 15 is 0 Å². The maximum Gasteiger partial charge on any atom is 0.453 e. The SMILES string of the molecule is CCOC(=O)/C=C/CCCCCC(F)(F)C(F)(F)F. The van der Waals surface area contributed by atoms with Crippen LogP contribution >= 0.6 is 0 Å². The van der Waals surface area contributed by atoms with Crippen LogP contribution in [0.2, 0.25) is 0 Å². The number of allylic oxidation sites excluding steroid dienone is 1. The first-order valence-electron chi connectivity index (χ1n) is 5.98. The molecule has 7 heteroatoms. The van der Waals surface area contributed by atoms with Crippen molar-refractivity contribution in [2.75, 3.05) is 6.61 Å². The van der Waals surface area contributed by atoms with Crippen LogP contribution in [0.5, 0.6) is 0 Å². The Bertz CT molecular complexity index is 297. The third-order valence-electron chi connectivity index (χ3n) is 2.32. The van der Waals surface area contributed by atoms with Crippen LogP contribution in [0.3, 0.4) is 0 Å². The first kappa shape index (κ1) is 17.9. The smallest absolute Gasteiger partial charge is 0.453 e. The fraction of sp³-hybridized carbons (Fsp3) is 0.750. The van der Waals surface area contributed by atoms with E-state index in [0.717, 1.165) is 0 Å². The van der Waals surface area contributed by atoms with E-state index < -0.39 is 24.5 Å². The molecule has 0 rings (SSSR count). The fourth-order valence-electron chi connectivity index (χ4n) is 1.30. The van der Waals surface area contributed by atoms with Gasteiger partial charge in [0.05, 0.1) is 6.61 Å². The van der Waals surface area contributed by atoms with Gasteiger partial charge in [0.15, 0.2) is 0 Å². The standard InChI is InChI=1S/C12H17F5O2/c1-2-19-10(18)8-6-4-3-5-7-9-11(13,14)12(15,16)17/h6,8H,2-5,7,9H2,1H3/b8-6+. The van der Waals surface area contributed by atoms with Crippen molar-refractivity contribution >= 4 is 5.97 Å². The molecule has 0 aliphatic rings. The molecule has 0 aromatic heterocycles. The van der Waals surface area contributed by atoms with Crippen LogP contribution in [-0.2, 0) is 9.53 Å². The molecule has 0 saturated carbocycles. The van der Waals surface area contributed by atoms with Crippen molar-refractivity contribution in [3.8, 4) is 0 Å². The predicted octanol–water partition coefficient (Wildman–Crippen LogP) is 4.25. The minimum absolute atomic E-state index is 0.209. The zero-order chi connectivity index (χ0) is 14.9. The summed E-state index contributed by atoms with van der Waals surface area (Å²) in [6, 6.07) is 0. The normalized spacial score (nSPS) is 12.9. The minimum atomic E-state index is -5.48. The molecule has 0 spiro atoms. The second-order valence-corrected chi connectivity index (χ2v) is 3.96. The van der Waals surface area contributed by atoms with Gasteiger partial charge in [0, 0.05) is 12.5 Å². The summed E-state index contributed by atoms with van der Waals surface area (Å²) in [6.45, 7) is 1.92. The highest BCUT2D eigenvalue weighted by Gasteiger charge is 2.56. The van der Waals surface area contributed by atoms with Gasteiger partial charge in [0.25, 0.3) is 0 Å². The van der Waals surface area contributed by atoms with Crippen LogP contribution in [0.1, 0.15) is 39.0 Å². The van der Waals surface area contributed by atoms with E-state index in [1.165, 1.54) is 12.2 Å². The highest BCUT2D eigenvalue weighted by atomic mass is 19.4. The van der Waals surface area contributed by atoms with Gasteiger partial charge in [-0.15, -0.1) is 0 Å². The summed E-state index contributed by atoms with van der Waals surface area (Å²) in [5, 5.41) is 0. The van der Waals surface area contributed by atoms with E-state index in [0.29, 0.717) is 12.8 Å². The molecule has 2 nitrogen and oxygen atoms in total. The van der Waals surface area contributed by atoms with Crippen LogP contribution in [-0.4, -0.2) is 24.7 Å². The maximum absolute atomic E-state index is 12.5. The first-order chi connectivity index (χ1) is 8.70. The molecule has 0 aromatic carbocycles. The van der Waals surface area contributed by atoms with Crippen molar-refractivity contribution in [2.24, 2.45) is 0 Å². The van der Waals surface area contributed by atoms with Gasteiger partial charge in [-0.25, -0.2) is 4.79 Å². The molecule has 19 heavy (non-hydrogen) atoms. The number of rotatable bonds is 8. The molecule has 0 heterocycles. The van der Waals surface area contributed by atoms with E-state index in [2.05, 4.69) is 4.74 Å². The lowest BCUT2D eigenvalue weighted by Crippen LogP contribution is -2.36. The van der Waals surface area contributed by atoms with Gasteiger partial charge in [0.1, 0.15) is 0 Å². The van der Waals surface area contributed by atoms with Gasteiger partial charge in [0.2, 0.25) is 0 Å². The van der Waals surface area contributed by atoms with Crippen molar-refractivity contribution in [1.29, 1.82) is 0 Å². The molecule has 0 radical (unpaired) electrons. The summed E-state index contributed by atoms with van der Waals surface area (Å²) >= 11 is 0. The second-order valence-electron chi connectivity index (χ2n) is 3.96. The predicted molar refractivity (Wildman–Crippen MR) is 59.9 cm³/mol. The second kappa shape index (κ2) is 8.12. The molecule has 0 fully saturated rings. The Balaban J connectivity index is 3.69. The topological polar surface area (TPSA) is 26.3 Å². The molecule has 112 valence electrons. The van der Waals surface area contributed by atoms with Gasteiger partial charge in [-0.1, -0.05) is 12.5 Å². The van der Waals surface area contributed by atoms with Gasteiger partial charge in [-0.2, -0.15) is 22.0 Å². The van der Waals surface area contributed by atoms with Gasteiger partial charge >= 0.3 is 18.1 Å². The van der Waals surface area contributed by atoms with Crippen LogP contribution < -0.4 is 0 Å². The Labute approximate surface area is 108 Å². The summed E-state index contributed by atoms with van der Waals surface area (Å²) in [5.41, 5.74) is 0. The van der Waals surface area contributed by atoms with Crippen molar-refractivity contribution in [2.45, 2.75) is 51.1 Å². The van der Waals surface area contributed by atoms with Gasteiger partial charge < -0.3 is 4.74 Å². The Kier molecular flexibility index (Phi) is 7.63. The molecule has 0 unspecified atom stereocenters. The first-order valence-corrected chi connectivity index (χ1v) is 5.98. The van der Waals surface area contributed by atoms with E-state index in [4.69, 9.17) is 0 Å². The van der Waals surface area contributed by atoms with Gasteiger partial charge in [-0.05, 0) is 26.2 Å². The number of hydrogen-bond donors (Lipinski definition) is 0. The summed E-state index contributed by atoms with van der Waals surface area (Å²) in [6.07, 6.45) is -3.01. The Hall–Kier alpha value is -1.14. The molecular formula is C12H17F5O2. The number of ether oxygens (including phenoxy) is 1. The highest BCUT2D eigenvalue weighted by molar-refractivity contribution is 5.81. The summed E-state index contributed by atoms with van der Waals surface area (Å²) < 4.78 is 65.0. The Morgan fingerprint density at radius 2 is 1.74 bits per heavy atom. The lowest BCUT2D eigenvalue weighted by molar-refractivity contribution is -0.284. The average molecular weight is 288 g/mol. The van der Waals surface area contributed by atoms with Crippen LogP contribution in [0.4, 0.5) is 22.0 Å². The number of carbonyl (C=O) groups excluding carboxylic acids is 1. The third-order valence-corrected chi connectivity index (χ3v) is 2.32. The van der Waals surface area contributed by atoms with Crippen LogP contribution in [0.25, 0.3) is 0 Å². The number of alkyl halides is 5. The summed E-state index contributed by atoms with van der Waals surface area (Å²) in [7, 11) is 0. The number of unbranched alkanes of at least 4 members (excludes halogenated alkanes) is 3. The number of carbonyl (C=O) groups is 1. The Morgan fingerprint density at radius 3 is 2.26 bits per heavy atom. The zero-order valence-corrected chi connectivity index (χ0v) is 10.6. The van der Waals surface area contributed by atoms with Crippen LogP contribution in [0, 0.1) is 0 Å². The minimum Gasteiger partial charge on any atom is -0.463 e. The van der Waals surface area contributed by atoms with E-state index in [1.807, 2.05) is 0 Å². The van der Waals surface area contributed by atoms with Crippen molar-refractivity contribution in [3.05, 3.63) is 12.2 Å². The van der Waals surface area contributed by atoms with Crippen molar-refractivity contribution in [1.82, 2.24) is 0 Å². The number of halogens is 5. The monoisotopic (exact) mass is 288 g/mol. The quantitative estimate of drug-likeness (QED) is 0.289. The lowest BCUT2D eigenvalue weighted by Gasteiger charge is -2.19. The number of esters is 1. The molecule has 0 atom stereocenters. The lowest BCUT2D eigenvalue weighted by atomic mass is 10.1. The fourth-order valence-corrected chi connectivity index (χ4v) is 1.30. The molecule has 0 amide bonds. The van der Waals surface area contributed by atoms with E-state index in [9.17, 15) is 26.7 Å².